The number of aryl methyl sites for hydroxylation is 1. The van der Waals surface area contributed by atoms with Crippen LogP contribution in [0.4, 0.5) is 0 Å². The molecule has 0 fully saturated rings. The van der Waals surface area contributed by atoms with E-state index in [2.05, 4.69) is 26.2 Å². The van der Waals surface area contributed by atoms with Gasteiger partial charge in [-0.1, -0.05) is 15.9 Å². The molecule has 98 valence electrons. The van der Waals surface area contributed by atoms with Crippen molar-refractivity contribution in [3.05, 3.63) is 63.9 Å². The van der Waals surface area contributed by atoms with Crippen LogP contribution in [0.2, 0.25) is 0 Å². The summed E-state index contributed by atoms with van der Waals surface area (Å²) in [5.41, 5.74) is 2.75. The van der Waals surface area contributed by atoms with Gasteiger partial charge in [0.05, 0.1) is 6.04 Å². The first kappa shape index (κ1) is 13.7. The Kier molecular flexibility index (Phi) is 4.32. The molecule has 1 amide bonds. The van der Waals surface area contributed by atoms with Crippen molar-refractivity contribution >= 4 is 21.8 Å². The van der Waals surface area contributed by atoms with E-state index in [0.29, 0.717) is 5.56 Å². The molecule has 1 heterocycles. The third kappa shape index (κ3) is 3.41. The van der Waals surface area contributed by atoms with Gasteiger partial charge in [0.25, 0.3) is 5.91 Å². The van der Waals surface area contributed by atoms with Gasteiger partial charge < -0.3 is 5.32 Å². The van der Waals surface area contributed by atoms with Crippen molar-refractivity contribution in [2.75, 3.05) is 0 Å². The third-order valence-corrected chi connectivity index (χ3v) is 3.86. The molecule has 0 saturated heterocycles. The predicted molar refractivity (Wildman–Crippen MR) is 79.0 cm³/mol. The van der Waals surface area contributed by atoms with Gasteiger partial charge in [-0.25, -0.2) is 0 Å². The summed E-state index contributed by atoms with van der Waals surface area (Å²) in [7, 11) is 0. The van der Waals surface area contributed by atoms with Crippen LogP contribution in [-0.2, 0) is 0 Å². The normalized spacial score (nSPS) is 11.9. The minimum Gasteiger partial charge on any atom is -0.346 e. The highest BCUT2D eigenvalue weighted by Gasteiger charge is 2.11. The Labute approximate surface area is 121 Å². The SMILES string of the molecule is Cc1cc(C(=O)NC(C)c2ccncc2)ccc1Br. The van der Waals surface area contributed by atoms with E-state index >= 15 is 0 Å². The topological polar surface area (TPSA) is 42.0 Å². The zero-order valence-electron chi connectivity index (χ0n) is 10.9. The van der Waals surface area contributed by atoms with Gasteiger partial charge in [-0.15, -0.1) is 0 Å². The standard InChI is InChI=1S/C15H15BrN2O/c1-10-9-13(3-4-14(10)16)15(19)18-11(2)12-5-7-17-8-6-12/h3-9,11H,1-2H3,(H,18,19). The molecule has 0 aliphatic rings. The van der Waals surface area contributed by atoms with Crippen molar-refractivity contribution in [2.45, 2.75) is 19.9 Å². The molecule has 2 rings (SSSR count). The van der Waals surface area contributed by atoms with Crippen molar-refractivity contribution in [3.63, 3.8) is 0 Å². The number of amides is 1. The van der Waals surface area contributed by atoms with Crippen LogP contribution in [0, 0.1) is 6.92 Å². The number of carbonyl (C=O) groups excluding carboxylic acids is 1. The molecule has 19 heavy (non-hydrogen) atoms. The summed E-state index contributed by atoms with van der Waals surface area (Å²) in [6.45, 7) is 3.92. The van der Waals surface area contributed by atoms with E-state index in [9.17, 15) is 4.79 Å². The molecule has 1 aromatic carbocycles. The summed E-state index contributed by atoms with van der Waals surface area (Å²) in [6.07, 6.45) is 3.45. The number of hydrogen-bond donors (Lipinski definition) is 1. The molecule has 0 spiro atoms. The maximum Gasteiger partial charge on any atom is 0.251 e. The van der Waals surface area contributed by atoms with Gasteiger partial charge in [0.2, 0.25) is 0 Å². The molecule has 1 unspecified atom stereocenters. The summed E-state index contributed by atoms with van der Waals surface area (Å²) >= 11 is 3.43. The zero-order valence-corrected chi connectivity index (χ0v) is 12.4. The van der Waals surface area contributed by atoms with Crippen LogP contribution < -0.4 is 5.32 Å². The first-order chi connectivity index (χ1) is 9.08. The lowest BCUT2D eigenvalue weighted by Crippen LogP contribution is -2.26. The smallest absolute Gasteiger partial charge is 0.251 e. The molecule has 1 atom stereocenters. The molecule has 0 bridgehead atoms. The van der Waals surface area contributed by atoms with E-state index < -0.39 is 0 Å². The summed E-state index contributed by atoms with van der Waals surface area (Å²) in [5, 5.41) is 2.98. The lowest BCUT2D eigenvalue weighted by Gasteiger charge is -2.14. The summed E-state index contributed by atoms with van der Waals surface area (Å²) in [4.78, 5) is 16.1. The summed E-state index contributed by atoms with van der Waals surface area (Å²) in [5.74, 6) is -0.0695. The lowest BCUT2D eigenvalue weighted by atomic mass is 10.1. The molecular formula is C15H15BrN2O. The minimum atomic E-state index is -0.0695. The van der Waals surface area contributed by atoms with Crippen molar-refractivity contribution in [1.29, 1.82) is 0 Å². The highest BCUT2D eigenvalue weighted by atomic mass is 79.9. The number of nitrogens with zero attached hydrogens (tertiary/aromatic N) is 1. The minimum absolute atomic E-state index is 0.0422. The second kappa shape index (κ2) is 5.97. The highest BCUT2D eigenvalue weighted by Crippen LogP contribution is 2.18. The molecule has 0 radical (unpaired) electrons. The van der Waals surface area contributed by atoms with Crippen LogP contribution >= 0.6 is 15.9 Å². The maximum atomic E-state index is 12.1. The Morgan fingerprint density at radius 3 is 2.58 bits per heavy atom. The number of rotatable bonds is 3. The predicted octanol–water partition coefficient (Wildman–Crippen LogP) is 3.64. The third-order valence-electron chi connectivity index (χ3n) is 2.97. The molecule has 1 N–H and O–H groups in total. The molecule has 1 aromatic heterocycles. The quantitative estimate of drug-likeness (QED) is 0.938. The summed E-state index contributed by atoms with van der Waals surface area (Å²) < 4.78 is 1.01. The second-order valence-electron chi connectivity index (χ2n) is 4.44. The number of halogens is 1. The Bertz CT molecular complexity index is 584. The number of nitrogens with one attached hydrogen (secondary N) is 1. The second-order valence-corrected chi connectivity index (χ2v) is 5.29. The molecule has 0 aliphatic carbocycles. The van der Waals surface area contributed by atoms with Crippen LogP contribution in [0.15, 0.2) is 47.2 Å². The van der Waals surface area contributed by atoms with Crippen LogP contribution in [0.5, 0.6) is 0 Å². The van der Waals surface area contributed by atoms with Crippen LogP contribution in [0.3, 0.4) is 0 Å². The van der Waals surface area contributed by atoms with Crippen molar-refractivity contribution in [3.8, 4) is 0 Å². The first-order valence-electron chi connectivity index (χ1n) is 6.05. The highest BCUT2D eigenvalue weighted by molar-refractivity contribution is 9.10. The van der Waals surface area contributed by atoms with Gasteiger partial charge in [-0.3, -0.25) is 9.78 Å². The Balaban J connectivity index is 2.11. The van der Waals surface area contributed by atoms with Gasteiger partial charge in [0.1, 0.15) is 0 Å². The zero-order chi connectivity index (χ0) is 13.8. The molecule has 4 heteroatoms. The van der Waals surface area contributed by atoms with Crippen molar-refractivity contribution in [1.82, 2.24) is 10.3 Å². The fourth-order valence-electron chi connectivity index (χ4n) is 1.80. The van der Waals surface area contributed by atoms with Crippen LogP contribution in [-0.4, -0.2) is 10.9 Å². The Morgan fingerprint density at radius 2 is 1.95 bits per heavy atom. The van der Waals surface area contributed by atoms with E-state index in [4.69, 9.17) is 0 Å². The van der Waals surface area contributed by atoms with E-state index in [1.807, 2.05) is 44.2 Å². The van der Waals surface area contributed by atoms with Gasteiger partial charge in [0.15, 0.2) is 0 Å². The molecule has 0 saturated carbocycles. The summed E-state index contributed by atoms with van der Waals surface area (Å²) in [6, 6.07) is 9.33. The van der Waals surface area contributed by atoms with Crippen LogP contribution in [0.1, 0.15) is 34.5 Å². The van der Waals surface area contributed by atoms with Crippen LogP contribution in [0.25, 0.3) is 0 Å². The number of pyridine rings is 1. The number of hydrogen-bond acceptors (Lipinski definition) is 2. The maximum absolute atomic E-state index is 12.1. The van der Waals surface area contributed by atoms with Crippen molar-refractivity contribution in [2.24, 2.45) is 0 Å². The Hall–Kier alpha value is -1.68. The Morgan fingerprint density at radius 1 is 1.26 bits per heavy atom. The first-order valence-corrected chi connectivity index (χ1v) is 6.84. The van der Waals surface area contributed by atoms with Gasteiger partial charge in [-0.05, 0) is 55.3 Å². The largest absolute Gasteiger partial charge is 0.346 e. The number of carbonyl (C=O) groups is 1. The average molecular weight is 319 g/mol. The fourth-order valence-corrected chi connectivity index (χ4v) is 2.05. The van der Waals surface area contributed by atoms with Gasteiger partial charge in [-0.2, -0.15) is 0 Å². The van der Waals surface area contributed by atoms with Gasteiger partial charge in [0, 0.05) is 22.4 Å². The van der Waals surface area contributed by atoms with Gasteiger partial charge >= 0.3 is 0 Å². The molecule has 3 nitrogen and oxygen atoms in total. The lowest BCUT2D eigenvalue weighted by molar-refractivity contribution is 0.0940. The molecule has 0 aliphatic heterocycles. The van der Waals surface area contributed by atoms with E-state index in [1.165, 1.54) is 0 Å². The monoisotopic (exact) mass is 318 g/mol. The number of benzene rings is 1. The van der Waals surface area contributed by atoms with E-state index in [1.54, 1.807) is 12.4 Å². The average Bonchev–Trinajstić information content (AvgIpc) is 2.42. The fraction of sp³-hybridized carbons (Fsp3) is 0.200. The number of aromatic nitrogens is 1. The van der Waals surface area contributed by atoms with Crippen molar-refractivity contribution < 1.29 is 4.79 Å². The molecule has 2 aromatic rings. The van der Waals surface area contributed by atoms with E-state index in [0.717, 1.165) is 15.6 Å². The van der Waals surface area contributed by atoms with E-state index in [-0.39, 0.29) is 11.9 Å². The molecular weight excluding hydrogens is 304 g/mol.